The van der Waals surface area contributed by atoms with Gasteiger partial charge in [-0.15, -0.1) is 0 Å². The average molecular weight is 618 g/mol. The predicted octanol–water partition coefficient (Wildman–Crippen LogP) is 5.45. The molecule has 10 nitrogen and oxygen atoms in total. The summed E-state index contributed by atoms with van der Waals surface area (Å²) in [6, 6.07) is 0. The first-order valence-corrected chi connectivity index (χ1v) is 17.1. The van der Waals surface area contributed by atoms with Gasteiger partial charge in [-0.2, -0.15) is 0 Å². The summed E-state index contributed by atoms with van der Waals surface area (Å²) < 4.78 is 20.9. The lowest BCUT2D eigenvalue weighted by atomic mass is 10.0. The highest BCUT2D eigenvalue weighted by Crippen LogP contribution is 2.13. The maximum Gasteiger partial charge on any atom is 0.246 e. The maximum absolute atomic E-state index is 11.9. The number of carbonyl (C=O) groups is 3. The van der Waals surface area contributed by atoms with Crippen LogP contribution in [0.5, 0.6) is 0 Å². The van der Waals surface area contributed by atoms with Crippen LogP contribution in [0.3, 0.4) is 0 Å². The van der Waals surface area contributed by atoms with Crippen LogP contribution in [-0.2, 0) is 33.3 Å². The number of ether oxygens (including phenoxy) is 4. The minimum Gasteiger partial charge on any atom is -0.377 e. The van der Waals surface area contributed by atoms with Gasteiger partial charge in [-0.1, -0.05) is 117 Å². The van der Waals surface area contributed by atoms with Crippen LogP contribution in [0.15, 0.2) is 0 Å². The summed E-state index contributed by atoms with van der Waals surface area (Å²) in [7, 11) is 0. The molecule has 10 heteroatoms. The van der Waals surface area contributed by atoms with Crippen LogP contribution < -0.4 is 16.4 Å². The molecule has 0 bridgehead atoms. The van der Waals surface area contributed by atoms with E-state index in [0.29, 0.717) is 52.5 Å². The lowest BCUT2D eigenvalue weighted by Gasteiger charge is -2.08. The smallest absolute Gasteiger partial charge is 0.246 e. The lowest BCUT2D eigenvalue weighted by molar-refractivity contribution is -0.127. The number of rotatable bonds is 32. The third-order valence-electron chi connectivity index (χ3n) is 6.37. The number of hydrogen-bond acceptors (Lipinski definition) is 7. The Balaban J connectivity index is 0. The fourth-order valence-corrected chi connectivity index (χ4v) is 4.10. The highest BCUT2D eigenvalue weighted by molar-refractivity contribution is 5.77. The van der Waals surface area contributed by atoms with Crippen molar-refractivity contribution in [3.8, 4) is 0 Å². The van der Waals surface area contributed by atoms with Crippen LogP contribution in [-0.4, -0.2) is 83.7 Å². The van der Waals surface area contributed by atoms with Crippen molar-refractivity contribution < 1.29 is 33.3 Å². The van der Waals surface area contributed by atoms with Crippen molar-refractivity contribution in [2.24, 2.45) is 5.73 Å². The first-order valence-electron chi connectivity index (χ1n) is 17.1. The van der Waals surface area contributed by atoms with E-state index in [1.165, 1.54) is 89.9 Å². The number of nitrogens with two attached hydrogens (primary N) is 1. The van der Waals surface area contributed by atoms with Crippen molar-refractivity contribution in [3.05, 3.63) is 0 Å². The summed E-state index contributed by atoms with van der Waals surface area (Å²) >= 11 is 0. The molecule has 0 saturated carbocycles. The summed E-state index contributed by atoms with van der Waals surface area (Å²) in [4.78, 5) is 34.1. The quantitative estimate of drug-likeness (QED) is 0.0854. The molecule has 0 spiro atoms. The van der Waals surface area contributed by atoms with E-state index >= 15 is 0 Å². The van der Waals surface area contributed by atoms with Gasteiger partial charge in [0.15, 0.2) is 0 Å². The zero-order chi connectivity index (χ0) is 32.1. The van der Waals surface area contributed by atoms with E-state index in [2.05, 4.69) is 31.4 Å². The van der Waals surface area contributed by atoms with Crippen molar-refractivity contribution in [2.45, 2.75) is 130 Å². The van der Waals surface area contributed by atoms with Crippen LogP contribution in [0, 0.1) is 0 Å². The Morgan fingerprint density at radius 3 is 1.30 bits per heavy atom. The largest absolute Gasteiger partial charge is 0.377 e. The van der Waals surface area contributed by atoms with E-state index in [1.54, 1.807) is 0 Å². The second-order valence-corrected chi connectivity index (χ2v) is 10.9. The molecule has 0 aliphatic heterocycles. The lowest BCUT2D eigenvalue weighted by Crippen LogP contribution is -2.31. The molecule has 4 N–H and O–H groups in total. The summed E-state index contributed by atoms with van der Waals surface area (Å²) in [5, 5.41) is 5.55. The highest BCUT2D eigenvalue weighted by Gasteiger charge is 2.03. The zero-order valence-electron chi connectivity index (χ0n) is 28.0. The van der Waals surface area contributed by atoms with Gasteiger partial charge >= 0.3 is 0 Å². The Morgan fingerprint density at radius 2 is 0.860 bits per heavy atom. The Morgan fingerprint density at radius 1 is 0.488 bits per heavy atom. The molecule has 0 heterocycles. The monoisotopic (exact) mass is 617 g/mol. The molecular formula is C33H67N3O7. The molecule has 0 fully saturated rings. The molecule has 0 aromatic rings. The van der Waals surface area contributed by atoms with E-state index in [-0.39, 0.29) is 31.6 Å². The van der Waals surface area contributed by atoms with Gasteiger partial charge in [-0.25, -0.2) is 0 Å². The van der Waals surface area contributed by atoms with Crippen LogP contribution in [0.25, 0.3) is 0 Å². The van der Waals surface area contributed by atoms with Gasteiger partial charge in [0.25, 0.3) is 0 Å². The van der Waals surface area contributed by atoms with E-state index in [9.17, 15) is 14.4 Å². The van der Waals surface area contributed by atoms with E-state index < -0.39 is 5.91 Å². The van der Waals surface area contributed by atoms with Crippen molar-refractivity contribution in [1.29, 1.82) is 0 Å². The molecule has 0 aliphatic carbocycles. The highest BCUT2D eigenvalue weighted by atomic mass is 16.5. The molecular weight excluding hydrogens is 550 g/mol. The minimum atomic E-state index is -0.523. The third kappa shape index (κ3) is 42.4. The van der Waals surface area contributed by atoms with Crippen molar-refractivity contribution in [3.63, 3.8) is 0 Å². The first kappa shape index (κ1) is 43.4. The fourth-order valence-electron chi connectivity index (χ4n) is 4.10. The molecule has 0 unspecified atom stereocenters. The molecule has 256 valence electrons. The summed E-state index contributed by atoms with van der Waals surface area (Å²) in [5.74, 6) is -0.682. The predicted molar refractivity (Wildman–Crippen MR) is 174 cm³/mol. The van der Waals surface area contributed by atoms with E-state index in [4.69, 9.17) is 24.7 Å². The van der Waals surface area contributed by atoms with Crippen LogP contribution in [0.2, 0.25) is 0 Å². The number of unbranched alkanes of at least 4 members (excludes halogenated alkanes) is 14. The van der Waals surface area contributed by atoms with Gasteiger partial charge in [-0.3, -0.25) is 14.4 Å². The maximum atomic E-state index is 11.9. The fraction of sp³-hybridized carbons (Fsp3) is 0.909. The van der Waals surface area contributed by atoms with Crippen molar-refractivity contribution in [2.75, 3.05) is 65.9 Å². The third-order valence-corrected chi connectivity index (χ3v) is 6.37. The van der Waals surface area contributed by atoms with E-state index in [0.717, 1.165) is 12.8 Å². The molecule has 0 rings (SSSR count). The summed E-state index contributed by atoms with van der Waals surface area (Å²) in [6.45, 7) is 9.16. The van der Waals surface area contributed by atoms with Gasteiger partial charge in [0, 0.05) is 19.5 Å². The van der Waals surface area contributed by atoms with Gasteiger partial charge in [-0.05, 0) is 6.42 Å². The molecule has 0 radical (unpaired) electrons. The Kier molecular flexibility index (Phi) is 38.6. The normalized spacial score (nSPS) is 10.7. The topological polar surface area (TPSA) is 138 Å². The number of amides is 3. The first-order chi connectivity index (χ1) is 21.0. The Labute approximate surface area is 263 Å². The van der Waals surface area contributed by atoms with Crippen molar-refractivity contribution in [1.82, 2.24) is 10.6 Å². The number of primary amides is 1. The molecule has 0 aliphatic rings. The van der Waals surface area contributed by atoms with E-state index in [1.807, 2.05) is 0 Å². The molecule has 0 aromatic heterocycles. The minimum absolute atomic E-state index is 0.0545. The SMILES string of the molecule is CCC.CCCCCCCCCCCCCCCCCC(=O)NCCOCCOCC(=O)NCCOCCOCC(N)=O. The van der Waals surface area contributed by atoms with Crippen molar-refractivity contribution >= 4 is 17.7 Å². The van der Waals surface area contributed by atoms with Gasteiger partial charge in [0.05, 0.1) is 39.6 Å². The summed E-state index contributed by atoms with van der Waals surface area (Å²) in [6.07, 6.45) is 21.6. The second-order valence-electron chi connectivity index (χ2n) is 10.9. The average Bonchev–Trinajstić information content (AvgIpc) is 2.98. The molecule has 0 atom stereocenters. The Bertz CT molecular complexity index is 609. The number of nitrogens with one attached hydrogen (secondary N) is 2. The number of hydrogen-bond donors (Lipinski definition) is 3. The zero-order valence-corrected chi connectivity index (χ0v) is 28.0. The Hall–Kier alpha value is -1.75. The number of carbonyl (C=O) groups excluding carboxylic acids is 3. The second kappa shape index (κ2) is 38.3. The summed E-state index contributed by atoms with van der Waals surface area (Å²) in [5.41, 5.74) is 4.94. The van der Waals surface area contributed by atoms with Gasteiger partial charge in [0.2, 0.25) is 17.7 Å². The molecule has 43 heavy (non-hydrogen) atoms. The van der Waals surface area contributed by atoms with Gasteiger partial charge in [0.1, 0.15) is 13.2 Å². The molecule has 3 amide bonds. The molecule has 0 aromatic carbocycles. The molecule has 0 saturated heterocycles. The van der Waals surface area contributed by atoms with Crippen LogP contribution in [0.1, 0.15) is 130 Å². The van der Waals surface area contributed by atoms with Crippen LogP contribution >= 0.6 is 0 Å². The van der Waals surface area contributed by atoms with Crippen LogP contribution in [0.4, 0.5) is 0 Å². The van der Waals surface area contributed by atoms with Gasteiger partial charge < -0.3 is 35.3 Å². The standard InChI is InChI=1S/C30H59N3O7.C3H8/c1-2-3-4-5-6-7-8-9-10-11-12-13-14-15-16-17-29(35)32-18-20-37-23-25-40-27-30(36)33-19-21-38-22-24-39-26-28(31)34;1-3-2/h2-27H2,1H3,(H2,31,34)(H,32,35)(H,33,36);3H2,1-2H3.